The van der Waals surface area contributed by atoms with E-state index in [2.05, 4.69) is 21.7 Å². The van der Waals surface area contributed by atoms with Crippen LogP contribution in [-0.4, -0.2) is 19.7 Å². The molecule has 2 aliphatic rings. The summed E-state index contributed by atoms with van der Waals surface area (Å²) in [4.78, 5) is 6.20. The molecule has 0 atom stereocenters. The van der Waals surface area contributed by atoms with Gasteiger partial charge in [0.2, 0.25) is 0 Å². The van der Waals surface area contributed by atoms with Crippen molar-refractivity contribution in [2.75, 3.05) is 0 Å². The first-order valence-corrected chi connectivity index (χ1v) is 8.66. The second kappa shape index (κ2) is 4.77. The quantitative estimate of drug-likeness (QED) is 0.841. The van der Waals surface area contributed by atoms with E-state index in [9.17, 15) is 0 Å². The van der Waals surface area contributed by atoms with E-state index in [1.165, 1.54) is 41.3 Å². The first kappa shape index (κ1) is 12.7. The van der Waals surface area contributed by atoms with E-state index in [-0.39, 0.29) is 0 Å². The molecule has 6 heteroatoms. The standard InChI is InChI=1S/C14H18N4S2/c1-2-7-18-12(16-17-14(18)19)11-10(8-3-4-8)15-13(20-11)9-5-6-9/h8-9H,2-7H2,1H3,(H,17,19). The first-order valence-electron chi connectivity index (χ1n) is 7.44. The van der Waals surface area contributed by atoms with Gasteiger partial charge < -0.3 is 0 Å². The van der Waals surface area contributed by atoms with E-state index in [0.29, 0.717) is 11.8 Å². The highest BCUT2D eigenvalue weighted by Gasteiger charge is 2.35. The maximum Gasteiger partial charge on any atom is 0.195 e. The first-order chi connectivity index (χ1) is 9.78. The van der Waals surface area contributed by atoms with Crippen LogP contribution in [0.25, 0.3) is 10.7 Å². The summed E-state index contributed by atoms with van der Waals surface area (Å²) in [6.45, 7) is 3.09. The van der Waals surface area contributed by atoms with E-state index in [0.717, 1.165) is 23.6 Å². The van der Waals surface area contributed by atoms with Gasteiger partial charge in [0.05, 0.1) is 15.6 Å². The van der Waals surface area contributed by atoms with Gasteiger partial charge in [-0.15, -0.1) is 11.3 Å². The zero-order chi connectivity index (χ0) is 13.7. The number of thiazole rings is 1. The van der Waals surface area contributed by atoms with Crippen molar-refractivity contribution in [2.45, 2.75) is 57.4 Å². The molecule has 0 unspecified atom stereocenters. The van der Waals surface area contributed by atoms with Gasteiger partial charge in [-0.3, -0.25) is 9.67 Å². The number of rotatable bonds is 5. The Bertz CT molecular complexity index is 688. The number of H-pyrrole nitrogens is 1. The van der Waals surface area contributed by atoms with Gasteiger partial charge >= 0.3 is 0 Å². The lowest BCUT2D eigenvalue weighted by Crippen LogP contribution is -2.00. The molecule has 2 saturated carbocycles. The zero-order valence-electron chi connectivity index (χ0n) is 11.6. The van der Waals surface area contributed by atoms with Crippen molar-refractivity contribution in [3.63, 3.8) is 0 Å². The zero-order valence-corrected chi connectivity index (χ0v) is 13.2. The normalized spacial score (nSPS) is 18.6. The molecule has 4 rings (SSSR count). The Morgan fingerprint density at radius 1 is 1.30 bits per heavy atom. The van der Waals surface area contributed by atoms with E-state index >= 15 is 0 Å². The Kier molecular flexibility index (Phi) is 3.03. The smallest absolute Gasteiger partial charge is 0.195 e. The number of nitrogens with one attached hydrogen (secondary N) is 1. The number of aromatic nitrogens is 4. The molecule has 2 heterocycles. The van der Waals surface area contributed by atoms with Crippen LogP contribution >= 0.6 is 23.6 Å². The number of hydrogen-bond acceptors (Lipinski definition) is 4. The summed E-state index contributed by atoms with van der Waals surface area (Å²) in [7, 11) is 0. The number of hydrogen-bond donors (Lipinski definition) is 1. The summed E-state index contributed by atoms with van der Waals surface area (Å²) < 4.78 is 2.86. The summed E-state index contributed by atoms with van der Waals surface area (Å²) in [6.07, 6.45) is 6.23. The van der Waals surface area contributed by atoms with Crippen LogP contribution in [0.1, 0.15) is 61.6 Å². The second-order valence-electron chi connectivity index (χ2n) is 5.82. The van der Waals surface area contributed by atoms with Crippen LogP contribution < -0.4 is 0 Å². The van der Waals surface area contributed by atoms with Crippen LogP contribution in [-0.2, 0) is 6.54 Å². The Morgan fingerprint density at radius 2 is 2.05 bits per heavy atom. The van der Waals surface area contributed by atoms with Gasteiger partial charge in [-0.1, -0.05) is 6.92 Å². The van der Waals surface area contributed by atoms with Crippen molar-refractivity contribution in [3.05, 3.63) is 15.5 Å². The lowest BCUT2D eigenvalue weighted by Gasteiger charge is -2.04. The van der Waals surface area contributed by atoms with Gasteiger partial charge in [-0.2, -0.15) is 5.10 Å². The summed E-state index contributed by atoms with van der Waals surface area (Å²) in [6, 6.07) is 0. The van der Waals surface area contributed by atoms with Crippen molar-refractivity contribution in [1.82, 2.24) is 19.7 Å². The van der Waals surface area contributed by atoms with Crippen LogP contribution in [0.2, 0.25) is 0 Å². The molecule has 2 aromatic rings. The molecular formula is C14H18N4S2. The predicted octanol–water partition coefficient (Wildman–Crippen LogP) is 4.23. The maximum absolute atomic E-state index is 5.36. The molecule has 0 bridgehead atoms. The summed E-state index contributed by atoms with van der Waals surface area (Å²) >= 11 is 7.21. The predicted molar refractivity (Wildman–Crippen MR) is 82.8 cm³/mol. The molecule has 0 aromatic carbocycles. The molecular weight excluding hydrogens is 288 g/mol. The molecule has 20 heavy (non-hydrogen) atoms. The Balaban J connectivity index is 1.82. The topological polar surface area (TPSA) is 46.5 Å². The molecule has 0 amide bonds. The van der Waals surface area contributed by atoms with E-state index in [1.807, 2.05) is 11.3 Å². The van der Waals surface area contributed by atoms with Gasteiger partial charge in [0.1, 0.15) is 0 Å². The van der Waals surface area contributed by atoms with Crippen LogP contribution in [0.15, 0.2) is 0 Å². The lowest BCUT2D eigenvalue weighted by molar-refractivity contribution is 0.675. The minimum Gasteiger partial charge on any atom is -0.299 e. The van der Waals surface area contributed by atoms with Crippen molar-refractivity contribution >= 4 is 23.6 Å². The number of nitrogens with zero attached hydrogens (tertiary/aromatic N) is 3. The highest BCUT2D eigenvalue weighted by molar-refractivity contribution is 7.71. The minimum absolute atomic E-state index is 0.661. The van der Waals surface area contributed by atoms with Crippen molar-refractivity contribution < 1.29 is 0 Å². The molecule has 0 aliphatic heterocycles. The fraction of sp³-hybridized carbons (Fsp3) is 0.643. The van der Waals surface area contributed by atoms with Crippen LogP contribution in [0, 0.1) is 4.77 Å². The highest BCUT2D eigenvalue weighted by Crippen LogP contribution is 2.50. The van der Waals surface area contributed by atoms with Crippen LogP contribution in [0.4, 0.5) is 0 Å². The molecule has 0 saturated heterocycles. The van der Waals surface area contributed by atoms with Crippen molar-refractivity contribution in [1.29, 1.82) is 0 Å². The molecule has 2 fully saturated rings. The fourth-order valence-corrected chi connectivity index (χ4v) is 4.11. The SMILES string of the molecule is CCCn1c(-c2sc(C3CC3)nc2C2CC2)n[nH]c1=S. The van der Waals surface area contributed by atoms with Gasteiger partial charge in [0, 0.05) is 18.4 Å². The largest absolute Gasteiger partial charge is 0.299 e. The van der Waals surface area contributed by atoms with E-state index < -0.39 is 0 Å². The molecule has 0 radical (unpaired) electrons. The summed E-state index contributed by atoms with van der Waals surface area (Å²) in [5, 5.41) is 8.76. The van der Waals surface area contributed by atoms with Crippen molar-refractivity contribution in [3.8, 4) is 10.7 Å². The average Bonchev–Trinajstić information content (AvgIpc) is 3.36. The Morgan fingerprint density at radius 3 is 2.70 bits per heavy atom. The van der Waals surface area contributed by atoms with Crippen molar-refractivity contribution in [2.24, 2.45) is 0 Å². The molecule has 2 aromatic heterocycles. The molecule has 0 spiro atoms. The summed E-state index contributed by atoms with van der Waals surface area (Å²) in [5.74, 6) is 2.38. The third kappa shape index (κ3) is 2.15. The molecule has 4 nitrogen and oxygen atoms in total. The highest BCUT2D eigenvalue weighted by atomic mass is 32.1. The van der Waals surface area contributed by atoms with Gasteiger partial charge in [-0.05, 0) is 44.3 Å². The molecule has 2 aliphatic carbocycles. The third-order valence-corrected chi connectivity index (χ3v) is 5.51. The fourth-order valence-electron chi connectivity index (χ4n) is 2.57. The van der Waals surface area contributed by atoms with Gasteiger partial charge in [0.25, 0.3) is 0 Å². The van der Waals surface area contributed by atoms with Gasteiger partial charge in [-0.25, -0.2) is 4.98 Å². The lowest BCUT2D eigenvalue weighted by atomic mass is 10.2. The minimum atomic E-state index is 0.661. The van der Waals surface area contributed by atoms with Gasteiger partial charge in [0.15, 0.2) is 10.6 Å². The molecule has 106 valence electrons. The average molecular weight is 306 g/mol. The van der Waals surface area contributed by atoms with E-state index in [4.69, 9.17) is 17.2 Å². The number of aromatic amines is 1. The Labute approximate surface area is 127 Å². The summed E-state index contributed by atoms with van der Waals surface area (Å²) in [5.41, 5.74) is 1.28. The third-order valence-electron chi connectivity index (χ3n) is 3.97. The monoisotopic (exact) mass is 306 g/mol. The second-order valence-corrected chi connectivity index (χ2v) is 7.24. The molecule has 1 N–H and O–H groups in total. The maximum atomic E-state index is 5.36. The van der Waals surface area contributed by atoms with Crippen LogP contribution in [0.5, 0.6) is 0 Å². The van der Waals surface area contributed by atoms with Crippen LogP contribution in [0.3, 0.4) is 0 Å². The Hall–Kier alpha value is -1.01. The van der Waals surface area contributed by atoms with E-state index in [1.54, 1.807) is 0 Å².